The standard InChI is InChI=1S/C19H21NO2/c1-3-18-19(22-18)16-6-4-14(5-7-16)15-8-10-17(11-9-15)20(2)12-13-21/h4-11,13,18-19H,3,12H2,1-2H3. The predicted octanol–water partition coefficient (Wildman–Crippen LogP) is 3.84. The molecule has 1 aliphatic rings. The van der Waals surface area contributed by atoms with E-state index in [-0.39, 0.29) is 0 Å². The number of carbonyl (C=O) groups is 1. The van der Waals surface area contributed by atoms with E-state index in [2.05, 4.69) is 43.3 Å². The van der Waals surface area contributed by atoms with Gasteiger partial charge in [0.15, 0.2) is 0 Å². The molecule has 0 bridgehead atoms. The molecule has 3 nitrogen and oxygen atoms in total. The third-order valence-electron chi connectivity index (χ3n) is 4.21. The summed E-state index contributed by atoms with van der Waals surface area (Å²) in [4.78, 5) is 12.5. The Labute approximate surface area is 131 Å². The maximum absolute atomic E-state index is 10.6. The number of nitrogens with zero attached hydrogens (tertiary/aromatic N) is 1. The minimum atomic E-state index is 0.290. The summed E-state index contributed by atoms with van der Waals surface area (Å²) in [6, 6.07) is 16.9. The lowest BCUT2D eigenvalue weighted by Gasteiger charge is -2.16. The van der Waals surface area contributed by atoms with Gasteiger partial charge in [0.2, 0.25) is 0 Å². The van der Waals surface area contributed by atoms with Crippen LogP contribution < -0.4 is 4.90 Å². The van der Waals surface area contributed by atoms with E-state index in [0.717, 1.165) is 18.4 Å². The Kier molecular flexibility index (Phi) is 4.25. The molecule has 1 aliphatic heterocycles. The molecule has 2 aromatic rings. The fraction of sp³-hybridized carbons (Fsp3) is 0.316. The zero-order valence-corrected chi connectivity index (χ0v) is 13.0. The Bertz CT molecular complexity index is 633. The average molecular weight is 295 g/mol. The molecule has 1 fully saturated rings. The monoisotopic (exact) mass is 295 g/mol. The summed E-state index contributed by atoms with van der Waals surface area (Å²) < 4.78 is 5.63. The third kappa shape index (κ3) is 3.04. The molecule has 3 heteroatoms. The number of carbonyl (C=O) groups excluding carboxylic acids is 1. The number of likely N-dealkylation sites (N-methyl/N-ethyl adjacent to an activating group) is 1. The fourth-order valence-electron chi connectivity index (χ4n) is 2.74. The number of anilines is 1. The Balaban J connectivity index is 1.72. The molecule has 0 aromatic heterocycles. The molecule has 2 unspecified atom stereocenters. The highest BCUT2D eigenvalue weighted by atomic mass is 16.6. The molecular formula is C19H21NO2. The minimum Gasteiger partial charge on any atom is -0.368 e. The maximum Gasteiger partial charge on any atom is 0.139 e. The second-order valence-electron chi connectivity index (χ2n) is 5.72. The Hall–Kier alpha value is -2.13. The van der Waals surface area contributed by atoms with Crippen molar-refractivity contribution in [3.05, 3.63) is 54.1 Å². The van der Waals surface area contributed by atoms with Crippen LogP contribution in [0.1, 0.15) is 25.0 Å². The van der Waals surface area contributed by atoms with Crippen LogP contribution in [-0.4, -0.2) is 26.0 Å². The maximum atomic E-state index is 10.6. The summed E-state index contributed by atoms with van der Waals surface area (Å²) >= 11 is 0. The van der Waals surface area contributed by atoms with Gasteiger partial charge in [-0.3, -0.25) is 0 Å². The van der Waals surface area contributed by atoms with E-state index in [9.17, 15) is 4.79 Å². The Morgan fingerprint density at radius 3 is 2.14 bits per heavy atom. The molecule has 0 radical (unpaired) electrons. The molecule has 114 valence electrons. The van der Waals surface area contributed by atoms with Crippen molar-refractivity contribution < 1.29 is 9.53 Å². The van der Waals surface area contributed by atoms with Crippen LogP contribution in [0.5, 0.6) is 0 Å². The lowest BCUT2D eigenvalue weighted by molar-refractivity contribution is -0.106. The highest BCUT2D eigenvalue weighted by Gasteiger charge is 2.38. The molecule has 1 saturated heterocycles. The largest absolute Gasteiger partial charge is 0.368 e. The fourth-order valence-corrected chi connectivity index (χ4v) is 2.74. The molecule has 0 aliphatic carbocycles. The van der Waals surface area contributed by atoms with E-state index in [1.807, 2.05) is 24.1 Å². The van der Waals surface area contributed by atoms with Crippen molar-refractivity contribution >= 4 is 12.0 Å². The van der Waals surface area contributed by atoms with Crippen molar-refractivity contribution in [2.75, 3.05) is 18.5 Å². The number of aldehydes is 1. The molecule has 0 spiro atoms. The molecule has 0 saturated carbocycles. The van der Waals surface area contributed by atoms with Crippen LogP contribution in [0.25, 0.3) is 11.1 Å². The van der Waals surface area contributed by atoms with Crippen LogP contribution in [0.2, 0.25) is 0 Å². The van der Waals surface area contributed by atoms with Gasteiger partial charge in [-0.2, -0.15) is 0 Å². The van der Waals surface area contributed by atoms with Crippen molar-refractivity contribution in [3.8, 4) is 11.1 Å². The summed E-state index contributed by atoms with van der Waals surface area (Å²) in [5.74, 6) is 0. The van der Waals surface area contributed by atoms with Crippen molar-refractivity contribution in [3.63, 3.8) is 0 Å². The summed E-state index contributed by atoms with van der Waals surface area (Å²) in [5, 5.41) is 0. The number of hydrogen-bond acceptors (Lipinski definition) is 3. The minimum absolute atomic E-state index is 0.290. The zero-order chi connectivity index (χ0) is 15.5. The van der Waals surface area contributed by atoms with E-state index < -0.39 is 0 Å². The van der Waals surface area contributed by atoms with E-state index in [4.69, 9.17) is 4.74 Å². The first-order valence-electron chi connectivity index (χ1n) is 7.73. The molecule has 3 rings (SSSR count). The van der Waals surface area contributed by atoms with Gasteiger partial charge in [0.05, 0.1) is 12.6 Å². The number of benzene rings is 2. The van der Waals surface area contributed by atoms with Crippen molar-refractivity contribution in [1.82, 2.24) is 0 Å². The second-order valence-corrected chi connectivity index (χ2v) is 5.72. The van der Waals surface area contributed by atoms with Gasteiger partial charge in [0.25, 0.3) is 0 Å². The van der Waals surface area contributed by atoms with Crippen LogP contribution >= 0.6 is 0 Å². The van der Waals surface area contributed by atoms with Crippen molar-refractivity contribution in [2.24, 2.45) is 0 Å². The lowest BCUT2D eigenvalue weighted by Crippen LogP contribution is -2.18. The Morgan fingerprint density at radius 1 is 1.05 bits per heavy atom. The van der Waals surface area contributed by atoms with Gasteiger partial charge in [0, 0.05) is 12.7 Å². The van der Waals surface area contributed by atoms with E-state index in [0.29, 0.717) is 18.8 Å². The zero-order valence-electron chi connectivity index (χ0n) is 13.0. The predicted molar refractivity (Wildman–Crippen MR) is 89.1 cm³/mol. The van der Waals surface area contributed by atoms with E-state index in [1.165, 1.54) is 16.7 Å². The molecule has 0 N–H and O–H groups in total. The SMILES string of the molecule is CCC1OC1c1ccc(-c2ccc(N(C)CC=O)cc2)cc1. The van der Waals surface area contributed by atoms with Gasteiger partial charge < -0.3 is 14.4 Å². The third-order valence-corrected chi connectivity index (χ3v) is 4.21. The number of hydrogen-bond donors (Lipinski definition) is 0. The van der Waals surface area contributed by atoms with Crippen molar-refractivity contribution in [2.45, 2.75) is 25.6 Å². The van der Waals surface area contributed by atoms with Crippen LogP contribution in [0.15, 0.2) is 48.5 Å². The second kappa shape index (κ2) is 6.32. The first kappa shape index (κ1) is 14.8. The van der Waals surface area contributed by atoms with Crippen LogP contribution in [-0.2, 0) is 9.53 Å². The van der Waals surface area contributed by atoms with Gasteiger partial charge in [-0.05, 0) is 35.2 Å². The highest BCUT2D eigenvalue weighted by Crippen LogP contribution is 2.40. The molecular weight excluding hydrogens is 274 g/mol. The summed E-state index contributed by atoms with van der Waals surface area (Å²) in [6.07, 6.45) is 2.68. The molecule has 0 amide bonds. The molecule has 1 heterocycles. The van der Waals surface area contributed by atoms with Crippen LogP contribution in [0, 0.1) is 0 Å². The first-order valence-corrected chi connectivity index (χ1v) is 7.73. The van der Waals surface area contributed by atoms with Crippen molar-refractivity contribution in [1.29, 1.82) is 0 Å². The normalized spacial score (nSPS) is 19.7. The number of epoxide rings is 1. The van der Waals surface area contributed by atoms with Crippen LogP contribution in [0.4, 0.5) is 5.69 Å². The lowest BCUT2D eigenvalue weighted by atomic mass is 10.0. The van der Waals surface area contributed by atoms with Gasteiger partial charge in [-0.15, -0.1) is 0 Å². The van der Waals surface area contributed by atoms with Gasteiger partial charge in [-0.25, -0.2) is 0 Å². The summed E-state index contributed by atoms with van der Waals surface area (Å²) in [7, 11) is 1.91. The average Bonchev–Trinajstić information content (AvgIpc) is 3.35. The van der Waals surface area contributed by atoms with Gasteiger partial charge in [0.1, 0.15) is 12.4 Å². The topological polar surface area (TPSA) is 32.8 Å². The summed E-state index contributed by atoms with van der Waals surface area (Å²) in [5.41, 5.74) is 4.68. The molecule has 22 heavy (non-hydrogen) atoms. The van der Waals surface area contributed by atoms with Gasteiger partial charge >= 0.3 is 0 Å². The first-order chi connectivity index (χ1) is 10.7. The van der Waals surface area contributed by atoms with E-state index >= 15 is 0 Å². The summed E-state index contributed by atoms with van der Waals surface area (Å²) in [6.45, 7) is 2.57. The quantitative estimate of drug-likeness (QED) is 0.599. The molecule has 2 aromatic carbocycles. The van der Waals surface area contributed by atoms with Gasteiger partial charge in [-0.1, -0.05) is 43.3 Å². The molecule has 2 atom stereocenters. The van der Waals surface area contributed by atoms with Crippen LogP contribution in [0.3, 0.4) is 0 Å². The highest BCUT2D eigenvalue weighted by molar-refractivity contribution is 5.68. The van der Waals surface area contributed by atoms with E-state index in [1.54, 1.807) is 0 Å². The smallest absolute Gasteiger partial charge is 0.139 e. The number of rotatable bonds is 6. The Morgan fingerprint density at radius 2 is 1.64 bits per heavy atom. The number of ether oxygens (including phenoxy) is 1.